The molecule has 0 aliphatic heterocycles. The molecule has 0 fully saturated rings. The molecule has 0 saturated heterocycles. The summed E-state index contributed by atoms with van der Waals surface area (Å²) in [6.07, 6.45) is 0.900. The highest BCUT2D eigenvalue weighted by molar-refractivity contribution is 14.0. The molecule has 0 aliphatic carbocycles. The normalized spacial score (nSPS) is 11.3. The molecule has 0 amide bonds. The van der Waals surface area contributed by atoms with Crippen molar-refractivity contribution in [2.75, 3.05) is 39.8 Å². The number of benzene rings is 1. The summed E-state index contributed by atoms with van der Waals surface area (Å²) in [5.41, 5.74) is 0. The Labute approximate surface area is 164 Å². The van der Waals surface area contributed by atoms with Crippen molar-refractivity contribution in [2.24, 2.45) is 4.99 Å². The van der Waals surface area contributed by atoms with Gasteiger partial charge in [-0.2, -0.15) is 0 Å². The summed E-state index contributed by atoms with van der Waals surface area (Å²) in [5.74, 6) is 1.79. The molecule has 138 valence electrons. The van der Waals surface area contributed by atoms with Gasteiger partial charge in [-0.25, -0.2) is 0 Å². The summed E-state index contributed by atoms with van der Waals surface area (Å²) >= 11 is 0. The Kier molecular flexibility index (Phi) is 13.7. The van der Waals surface area contributed by atoms with Gasteiger partial charge in [-0.1, -0.05) is 18.2 Å². The number of nitrogens with zero attached hydrogens (tertiary/aromatic N) is 2. The van der Waals surface area contributed by atoms with Crippen LogP contribution in [0.4, 0.5) is 0 Å². The van der Waals surface area contributed by atoms with Crippen LogP contribution in [-0.2, 0) is 0 Å². The van der Waals surface area contributed by atoms with E-state index in [4.69, 9.17) is 4.74 Å². The highest BCUT2D eigenvalue weighted by Crippen LogP contribution is 2.08. The largest absolute Gasteiger partial charge is 0.494 e. The summed E-state index contributed by atoms with van der Waals surface area (Å²) in [4.78, 5) is 6.89. The lowest BCUT2D eigenvalue weighted by molar-refractivity contribution is 0.278. The fourth-order valence-electron chi connectivity index (χ4n) is 1.91. The van der Waals surface area contributed by atoms with Crippen molar-refractivity contribution < 1.29 is 4.74 Å². The van der Waals surface area contributed by atoms with Crippen LogP contribution in [-0.4, -0.2) is 56.7 Å². The summed E-state index contributed by atoms with van der Waals surface area (Å²) < 4.78 is 5.67. The number of hydrogen-bond acceptors (Lipinski definition) is 3. The molecule has 0 bridgehead atoms. The van der Waals surface area contributed by atoms with Crippen molar-refractivity contribution in [3.05, 3.63) is 30.3 Å². The Morgan fingerprint density at radius 2 is 1.92 bits per heavy atom. The highest BCUT2D eigenvalue weighted by atomic mass is 127. The van der Waals surface area contributed by atoms with Crippen LogP contribution >= 0.6 is 24.0 Å². The van der Waals surface area contributed by atoms with Crippen LogP contribution in [0, 0.1) is 0 Å². The van der Waals surface area contributed by atoms with Crippen LogP contribution < -0.4 is 15.4 Å². The summed E-state index contributed by atoms with van der Waals surface area (Å²) in [6, 6.07) is 10.5. The molecule has 0 aliphatic rings. The number of halogens is 1. The van der Waals surface area contributed by atoms with E-state index in [1.54, 1.807) is 0 Å². The van der Waals surface area contributed by atoms with E-state index in [0.717, 1.165) is 44.3 Å². The van der Waals surface area contributed by atoms with E-state index in [-0.39, 0.29) is 24.0 Å². The van der Waals surface area contributed by atoms with Crippen LogP contribution in [0.3, 0.4) is 0 Å². The molecule has 0 unspecified atom stereocenters. The zero-order valence-corrected chi connectivity index (χ0v) is 17.7. The molecule has 0 saturated carbocycles. The average molecular weight is 448 g/mol. The molecule has 0 radical (unpaired) electrons. The van der Waals surface area contributed by atoms with Gasteiger partial charge < -0.3 is 20.3 Å². The summed E-state index contributed by atoms with van der Waals surface area (Å²) in [7, 11) is 2.14. The maximum atomic E-state index is 5.67. The first-order chi connectivity index (χ1) is 11.1. The number of guanidine groups is 1. The minimum atomic E-state index is 0. The second-order valence-electron chi connectivity index (χ2n) is 5.78. The van der Waals surface area contributed by atoms with E-state index in [1.807, 2.05) is 30.3 Å². The first-order valence-electron chi connectivity index (χ1n) is 8.53. The molecule has 2 N–H and O–H groups in total. The van der Waals surface area contributed by atoms with E-state index in [0.29, 0.717) is 12.6 Å². The van der Waals surface area contributed by atoms with Crippen molar-refractivity contribution in [1.29, 1.82) is 0 Å². The van der Waals surface area contributed by atoms with Gasteiger partial charge in [0.05, 0.1) is 6.61 Å². The molecular weight excluding hydrogens is 415 g/mol. The number of nitrogens with one attached hydrogen (secondary N) is 2. The topological polar surface area (TPSA) is 48.9 Å². The fourth-order valence-corrected chi connectivity index (χ4v) is 1.91. The van der Waals surface area contributed by atoms with E-state index in [2.05, 4.69) is 48.3 Å². The van der Waals surface area contributed by atoms with Crippen LogP contribution in [0.5, 0.6) is 5.75 Å². The summed E-state index contributed by atoms with van der Waals surface area (Å²) in [5, 5.41) is 6.65. The van der Waals surface area contributed by atoms with E-state index in [1.165, 1.54) is 0 Å². The molecule has 1 aromatic carbocycles. The predicted octanol–water partition coefficient (Wildman–Crippen LogP) is 2.97. The monoisotopic (exact) mass is 448 g/mol. The zero-order chi connectivity index (χ0) is 16.9. The zero-order valence-electron chi connectivity index (χ0n) is 15.4. The third-order valence-corrected chi connectivity index (χ3v) is 3.57. The maximum absolute atomic E-state index is 5.67. The van der Waals surface area contributed by atoms with Gasteiger partial charge >= 0.3 is 0 Å². The molecule has 5 nitrogen and oxygen atoms in total. The van der Waals surface area contributed by atoms with Crippen LogP contribution in [0.15, 0.2) is 35.3 Å². The first kappa shape index (κ1) is 23.0. The second kappa shape index (κ2) is 14.3. The smallest absolute Gasteiger partial charge is 0.191 e. The summed E-state index contributed by atoms with van der Waals surface area (Å²) in [6.45, 7) is 10.7. The number of rotatable bonds is 10. The molecule has 1 aromatic rings. The lowest BCUT2D eigenvalue weighted by atomic mass is 10.3. The number of aliphatic imine (C=N–C) groups is 1. The molecule has 0 atom stereocenters. The van der Waals surface area contributed by atoms with Crippen molar-refractivity contribution >= 4 is 29.9 Å². The highest BCUT2D eigenvalue weighted by Gasteiger charge is 2.03. The fraction of sp³-hybridized carbons (Fsp3) is 0.611. The minimum absolute atomic E-state index is 0. The van der Waals surface area contributed by atoms with Gasteiger partial charge in [-0.15, -0.1) is 24.0 Å². The quantitative estimate of drug-likeness (QED) is 0.250. The van der Waals surface area contributed by atoms with E-state index < -0.39 is 0 Å². The Morgan fingerprint density at radius 3 is 2.54 bits per heavy atom. The van der Waals surface area contributed by atoms with E-state index >= 15 is 0 Å². The van der Waals surface area contributed by atoms with Crippen molar-refractivity contribution in [2.45, 2.75) is 33.2 Å². The molecule has 0 heterocycles. The first-order valence-corrected chi connectivity index (χ1v) is 8.53. The molecule has 6 heteroatoms. The molecule has 24 heavy (non-hydrogen) atoms. The van der Waals surface area contributed by atoms with Crippen LogP contribution in [0.1, 0.15) is 27.2 Å². The number of ether oxygens (including phenoxy) is 1. The lowest BCUT2D eigenvalue weighted by Crippen LogP contribution is -2.42. The standard InChI is InChI=1S/C18H32N4O.HI/c1-5-19-18(21-13-14-22(4)16(2)3)20-12-9-15-23-17-10-7-6-8-11-17;/h6-8,10-11,16H,5,9,12-15H2,1-4H3,(H2,19,20,21);1H. The van der Waals surface area contributed by atoms with Crippen molar-refractivity contribution in [3.63, 3.8) is 0 Å². The Hall–Kier alpha value is -1.02. The Bertz CT molecular complexity index is 440. The third-order valence-electron chi connectivity index (χ3n) is 3.57. The van der Waals surface area contributed by atoms with Gasteiger partial charge in [0, 0.05) is 38.6 Å². The Balaban J connectivity index is 0.00000529. The van der Waals surface area contributed by atoms with Gasteiger partial charge in [0.25, 0.3) is 0 Å². The van der Waals surface area contributed by atoms with Gasteiger partial charge in [0.1, 0.15) is 5.75 Å². The number of hydrogen-bond donors (Lipinski definition) is 2. The molecule has 0 aromatic heterocycles. The number of para-hydroxylation sites is 1. The average Bonchev–Trinajstić information content (AvgIpc) is 2.55. The molecule has 1 rings (SSSR count). The van der Waals surface area contributed by atoms with Gasteiger partial charge in [0.15, 0.2) is 5.96 Å². The lowest BCUT2D eigenvalue weighted by Gasteiger charge is -2.21. The third kappa shape index (κ3) is 10.7. The maximum Gasteiger partial charge on any atom is 0.191 e. The number of likely N-dealkylation sites (N-methyl/N-ethyl adjacent to an activating group) is 1. The van der Waals surface area contributed by atoms with Gasteiger partial charge in [0.2, 0.25) is 0 Å². The van der Waals surface area contributed by atoms with Gasteiger partial charge in [-0.05, 0) is 40.0 Å². The molecular formula is C18H33IN4O. The SMILES string of the molecule is CCNC(=NCCCOc1ccccc1)NCCN(C)C(C)C.I. The predicted molar refractivity (Wildman–Crippen MR) is 114 cm³/mol. The second-order valence-corrected chi connectivity index (χ2v) is 5.78. The van der Waals surface area contributed by atoms with Crippen molar-refractivity contribution in [3.8, 4) is 5.75 Å². The van der Waals surface area contributed by atoms with E-state index in [9.17, 15) is 0 Å². The van der Waals surface area contributed by atoms with Crippen LogP contribution in [0.25, 0.3) is 0 Å². The van der Waals surface area contributed by atoms with Crippen molar-refractivity contribution in [1.82, 2.24) is 15.5 Å². The Morgan fingerprint density at radius 1 is 1.21 bits per heavy atom. The minimum Gasteiger partial charge on any atom is -0.494 e. The molecule has 0 spiro atoms. The van der Waals surface area contributed by atoms with Gasteiger partial charge in [-0.3, -0.25) is 4.99 Å². The van der Waals surface area contributed by atoms with Crippen LogP contribution in [0.2, 0.25) is 0 Å².